The molecule has 0 aromatic rings. The van der Waals surface area contributed by atoms with Gasteiger partial charge in [0.2, 0.25) is 5.79 Å². The van der Waals surface area contributed by atoms with Gasteiger partial charge in [-0.2, -0.15) is 0 Å². The molecule has 3 heterocycles. The Morgan fingerprint density at radius 3 is 2.19 bits per heavy atom. The Bertz CT molecular complexity index is 1930. The summed E-state index contributed by atoms with van der Waals surface area (Å²) in [4.78, 5) is 72.9. The lowest BCUT2D eigenvalue weighted by molar-refractivity contribution is -0.266. The van der Waals surface area contributed by atoms with Gasteiger partial charge < -0.3 is 57.7 Å². The number of piperidine rings is 1. The minimum absolute atomic E-state index is 0.00579. The highest BCUT2D eigenvalue weighted by atomic mass is 16.6. The summed E-state index contributed by atoms with van der Waals surface area (Å²) in [5, 5.41) is 23.7. The third kappa shape index (κ3) is 19.1. The number of ether oxygens (including phenoxy) is 9. The van der Waals surface area contributed by atoms with Crippen molar-refractivity contribution in [3.8, 4) is 0 Å². The van der Waals surface area contributed by atoms with E-state index in [-0.39, 0.29) is 73.9 Å². The highest BCUT2D eigenvalue weighted by Crippen LogP contribution is 2.38. The van der Waals surface area contributed by atoms with Gasteiger partial charge in [-0.1, -0.05) is 71.1 Å². The fraction of sp³-hybridized carbons (Fsp3) is 0.776. The van der Waals surface area contributed by atoms with Crippen molar-refractivity contribution in [3.05, 3.63) is 47.6 Å². The standard InChI is InChI=1S/C58H93NO16/c1-37-17-13-12-14-18-38(2)49(73-30-28-71-27-25-67-8)35-45-22-20-43(7)58(66,75-45)55(63)56(64)59-24-16-15-19-46(59)57(65)74-50(40(4)33-44-21-23-48(51(34-44)69-10)72-29-26-68-9)36-47(60)39(3)32-42(6)53(62)54(70-11)52(61)41(5)31-37/h12-14,17-18,32,37,39-41,43-46,48-51,53-54,62,66H,15-16,19-31,33-36H2,1-11H3/b14-12+,17-13+,38-18+,42-32+/t37-,39-,40-,41-,43-,44+,45+,46+,48-,49-,50+,51-,53-,54+,58-/m1/s1. The summed E-state index contributed by atoms with van der Waals surface area (Å²) in [5.74, 6) is -8.06. The summed E-state index contributed by atoms with van der Waals surface area (Å²) in [6.45, 7) is 15.1. The largest absolute Gasteiger partial charge is 0.460 e. The maximum absolute atomic E-state index is 14.6. The molecule has 0 unspecified atom stereocenters. The lowest BCUT2D eigenvalue weighted by atomic mass is 9.78. The Hall–Kier alpha value is -3.49. The van der Waals surface area contributed by atoms with Gasteiger partial charge in [0.05, 0.1) is 64.1 Å². The molecule has 2 N–H and O–H groups in total. The number of aliphatic hydroxyl groups excluding tert-OH is 1. The first-order valence-electron chi connectivity index (χ1n) is 27.5. The number of rotatable bonds is 16. The van der Waals surface area contributed by atoms with Gasteiger partial charge in [-0.05, 0) is 107 Å². The second-order valence-corrected chi connectivity index (χ2v) is 21.7. The van der Waals surface area contributed by atoms with Crippen LogP contribution in [0, 0.1) is 35.5 Å². The van der Waals surface area contributed by atoms with Crippen molar-refractivity contribution in [2.45, 2.75) is 180 Å². The Morgan fingerprint density at radius 1 is 0.773 bits per heavy atom. The van der Waals surface area contributed by atoms with Crippen LogP contribution in [0.5, 0.6) is 0 Å². The molecule has 17 heteroatoms. The van der Waals surface area contributed by atoms with Crippen LogP contribution in [0.25, 0.3) is 0 Å². The lowest BCUT2D eigenvalue weighted by Crippen LogP contribution is -2.61. The van der Waals surface area contributed by atoms with Crippen molar-refractivity contribution < 1.29 is 76.8 Å². The molecule has 3 aliphatic heterocycles. The number of hydrogen-bond acceptors (Lipinski definition) is 16. The van der Waals surface area contributed by atoms with Gasteiger partial charge in [0.1, 0.15) is 30.1 Å². The van der Waals surface area contributed by atoms with Gasteiger partial charge in [-0.3, -0.25) is 19.2 Å². The third-order valence-corrected chi connectivity index (χ3v) is 15.8. The fourth-order valence-electron chi connectivity index (χ4n) is 11.0. The van der Waals surface area contributed by atoms with Crippen LogP contribution < -0.4 is 0 Å². The van der Waals surface area contributed by atoms with Gasteiger partial charge in [-0.15, -0.1) is 0 Å². The predicted octanol–water partition coefficient (Wildman–Crippen LogP) is 6.88. The lowest BCUT2D eigenvalue weighted by Gasteiger charge is -2.43. The van der Waals surface area contributed by atoms with E-state index in [4.69, 9.17) is 42.6 Å². The van der Waals surface area contributed by atoms with Gasteiger partial charge in [0, 0.05) is 65.6 Å². The topological polar surface area (TPSA) is 212 Å². The van der Waals surface area contributed by atoms with Crippen molar-refractivity contribution in [1.82, 2.24) is 4.90 Å². The summed E-state index contributed by atoms with van der Waals surface area (Å²) < 4.78 is 52.5. The smallest absolute Gasteiger partial charge is 0.329 e. The second kappa shape index (κ2) is 32.4. The number of cyclic esters (lactones) is 1. The van der Waals surface area contributed by atoms with E-state index in [0.717, 1.165) is 18.4 Å². The first-order chi connectivity index (χ1) is 35.8. The van der Waals surface area contributed by atoms with Crippen LogP contribution in [-0.4, -0.2) is 174 Å². The zero-order valence-corrected chi connectivity index (χ0v) is 47.0. The number of fused-ring (bicyclic) bond motifs is 3. The van der Waals surface area contributed by atoms with Crippen molar-refractivity contribution in [1.29, 1.82) is 0 Å². The van der Waals surface area contributed by atoms with Crippen LogP contribution in [0.1, 0.15) is 126 Å². The van der Waals surface area contributed by atoms with Crippen LogP contribution in [0.15, 0.2) is 47.6 Å². The van der Waals surface area contributed by atoms with Gasteiger partial charge >= 0.3 is 5.97 Å². The predicted molar refractivity (Wildman–Crippen MR) is 282 cm³/mol. The molecule has 0 aromatic carbocycles. The summed E-state index contributed by atoms with van der Waals surface area (Å²) >= 11 is 0. The third-order valence-electron chi connectivity index (χ3n) is 15.8. The summed E-state index contributed by atoms with van der Waals surface area (Å²) in [6.07, 6.45) is 12.0. The number of nitrogens with zero attached hydrogens (tertiary/aromatic N) is 1. The van der Waals surface area contributed by atoms with Crippen LogP contribution in [0.2, 0.25) is 0 Å². The molecule has 1 amide bonds. The average molecular weight is 1060 g/mol. The zero-order chi connectivity index (χ0) is 55.2. The summed E-state index contributed by atoms with van der Waals surface area (Å²) in [5.41, 5.74) is 1.24. The maximum atomic E-state index is 14.6. The first-order valence-corrected chi connectivity index (χ1v) is 27.5. The molecular formula is C58H93NO16. The molecule has 3 fully saturated rings. The van der Waals surface area contributed by atoms with Crippen molar-refractivity contribution in [2.75, 3.05) is 74.6 Å². The quantitative estimate of drug-likeness (QED) is 0.0698. The van der Waals surface area contributed by atoms with Crippen LogP contribution >= 0.6 is 0 Å². The highest BCUT2D eigenvalue weighted by Gasteiger charge is 2.53. The number of aliphatic hydroxyl groups is 2. The Kier molecular flexibility index (Phi) is 27.7. The number of carbonyl (C=O) groups is 5. The van der Waals surface area contributed by atoms with Crippen LogP contribution in [0.3, 0.4) is 0 Å². The van der Waals surface area contributed by atoms with Crippen molar-refractivity contribution >= 4 is 29.2 Å². The molecule has 426 valence electrons. The van der Waals surface area contributed by atoms with E-state index in [1.165, 1.54) is 12.0 Å². The molecule has 15 atom stereocenters. The Balaban J connectivity index is 1.70. The van der Waals surface area contributed by atoms with E-state index in [2.05, 4.69) is 0 Å². The van der Waals surface area contributed by atoms with Gasteiger partial charge in [0.15, 0.2) is 5.78 Å². The number of esters is 1. The first kappa shape index (κ1) is 64.0. The van der Waals surface area contributed by atoms with Crippen molar-refractivity contribution in [2.24, 2.45) is 35.5 Å². The molecule has 1 aliphatic carbocycles. The molecule has 4 aliphatic rings. The van der Waals surface area contributed by atoms with Crippen LogP contribution in [-0.2, 0) is 66.6 Å². The number of methoxy groups -OCH3 is 4. The normalized spacial score (nSPS) is 36.6. The van der Waals surface area contributed by atoms with E-state index in [9.17, 15) is 34.2 Å². The molecule has 2 saturated heterocycles. The van der Waals surface area contributed by atoms with Crippen molar-refractivity contribution in [3.63, 3.8) is 0 Å². The molecule has 17 nitrogen and oxygen atoms in total. The van der Waals surface area contributed by atoms with Crippen LogP contribution in [0.4, 0.5) is 0 Å². The second-order valence-electron chi connectivity index (χ2n) is 21.7. The average Bonchev–Trinajstić information content (AvgIpc) is 3.39. The Labute approximate surface area is 447 Å². The van der Waals surface area contributed by atoms with Gasteiger partial charge in [0.25, 0.3) is 11.7 Å². The molecule has 0 aromatic heterocycles. The summed E-state index contributed by atoms with van der Waals surface area (Å²) in [6, 6.07) is -1.16. The molecule has 1 saturated carbocycles. The zero-order valence-electron chi connectivity index (χ0n) is 47.0. The molecule has 0 spiro atoms. The molecule has 2 bridgehead atoms. The number of Topliss-reactive ketones (excluding diaryl/α,β-unsaturated/α-hetero) is 3. The highest BCUT2D eigenvalue weighted by molar-refractivity contribution is 6.39. The van der Waals surface area contributed by atoms with E-state index < -0.39 is 77.8 Å². The number of amides is 1. The maximum Gasteiger partial charge on any atom is 0.329 e. The summed E-state index contributed by atoms with van der Waals surface area (Å²) in [7, 11) is 6.27. The number of ketones is 3. The minimum Gasteiger partial charge on any atom is -0.460 e. The van der Waals surface area contributed by atoms with Gasteiger partial charge in [-0.25, -0.2) is 4.79 Å². The molecule has 75 heavy (non-hydrogen) atoms. The molecule has 0 radical (unpaired) electrons. The minimum atomic E-state index is -2.47. The van der Waals surface area contributed by atoms with E-state index >= 15 is 0 Å². The number of carbonyl (C=O) groups excluding carboxylic acids is 5. The molecular weight excluding hydrogens is 967 g/mol. The monoisotopic (exact) mass is 1060 g/mol. The number of allylic oxidation sites excluding steroid dienone is 6. The SMILES string of the molecule is COCCOCCO[C@@H]1C[C@@H]2CC[C@@H](C)[C@@](O)(O2)C(=O)C(=O)N2CCCC[C@H]2C(=O)O[C@H]([C@H](C)C[C@@H]2CC[C@@H](OCCOC)[C@H](OC)C2)CC(=O)[C@H](C)/C=C(\C)[C@@H](O)[C@@H](OC)C(=O)[C@H](C)C[C@H](C)/C=C/C=C/C=C/1C. The van der Waals surface area contributed by atoms with E-state index in [0.29, 0.717) is 83.6 Å². The van der Waals surface area contributed by atoms with E-state index in [1.807, 2.05) is 58.1 Å². The van der Waals surface area contributed by atoms with E-state index in [1.54, 1.807) is 48.2 Å². The molecule has 4 rings (SSSR count). The number of hydrogen-bond donors (Lipinski definition) is 2. The fourth-order valence-corrected chi connectivity index (χ4v) is 11.0. The Morgan fingerprint density at radius 2 is 1.48 bits per heavy atom.